The van der Waals surface area contributed by atoms with Gasteiger partial charge in [0.25, 0.3) is 0 Å². The molecule has 0 saturated heterocycles. The van der Waals surface area contributed by atoms with Gasteiger partial charge >= 0.3 is 0 Å². The van der Waals surface area contributed by atoms with E-state index in [1.165, 1.54) is 0 Å². The minimum absolute atomic E-state index is 0.913. The number of hydrogen-bond donors (Lipinski definition) is 0. The van der Waals surface area contributed by atoms with Crippen LogP contribution in [-0.2, 0) is 4.57 Å². The van der Waals surface area contributed by atoms with Gasteiger partial charge in [-0.1, -0.05) is 85.5 Å². The van der Waals surface area contributed by atoms with E-state index in [1.54, 1.807) is 6.08 Å². The van der Waals surface area contributed by atoms with Crippen molar-refractivity contribution >= 4 is 17.8 Å². The lowest BCUT2D eigenvalue weighted by Crippen LogP contribution is -2.14. The Bertz CT molecular complexity index is 542. The molecular formula is C18H21OP. The maximum atomic E-state index is 12.6. The molecule has 0 aromatic heterocycles. The molecule has 0 saturated carbocycles. The van der Waals surface area contributed by atoms with Gasteiger partial charge in [0.1, 0.15) is 7.14 Å². The molecule has 104 valence electrons. The summed E-state index contributed by atoms with van der Waals surface area (Å²) in [5.41, 5.74) is 0. The van der Waals surface area contributed by atoms with Crippen LogP contribution in [0.1, 0.15) is 6.92 Å². The predicted octanol–water partition coefficient (Wildman–Crippen LogP) is 4.38. The highest BCUT2D eigenvalue weighted by molar-refractivity contribution is 7.78. The molecule has 0 atom stereocenters. The SMILES string of the molecule is C=C/C=C\C.CP(=O)(c1ccccc1)c1ccccc1. The van der Waals surface area contributed by atoms with E-state index in [-0.39, 0.29) is 0 Å². The van der Waals surface area contributed by atoms with Gasteiger partial charge in [0.05, 0.1) is 0 Å². The molecule has 0 aliphatic rings. The van der Waals surface area contributed by atoms with Crippen LogP contribution in [0.25, 0.3) is 0 Å². The number of allylic oxidation sites excluding steroid dienone is 3. The molecule has 0 heterocycles. The highest BCUT2D eigenvalue weighted by Gasteiger charge is 2.19. The fourth-order valence-electron chi connectivity index (χ4n) is 1.71. The molecule has 1 nitrogen and oxygen atoms in total. The summed E-state index contributed by atoms with van der Waals surface area (Å²) in [7, 11) is -2.40. The number of benzene rings is 2. The topological polar surface area (TPSA) is 17.1 Å². The van der Waals surface area contributed by atoms with E-state index in [1.807, 2.05) is 86.4 Å². The standard InChI is InChI=1S/C13H13OP.C5H8/c1-15(14,12-8-4-2-5-9-12)13-10-6-3-7-11-13;1-3-5-4-2/h2-11H,1H3;3-5H,1H2,2H3/b;5-4-. The van der Waals surface area contributed by atoms with Crippen molar-refractivity contribution < 1.29 is 4.57 Å². The quantitative estimate of drug-likeness (QED) is 0.604. The van der Waals surface area contributed by atoms with Gasteiger partial charge in [-0.2, -0.15) is 0 Å². The summed E-state index contributed by atoms with van der Waals surface area (Å²) in [6.07, 6.45) is 5.58. The Morgan fingerprint density at radius 3 is 1.55 bits per heavy atom. The normalized spacial score (nSPS) is 10.7. The molecule has 2 aromatic carbocycles. The summed E-state index contributed by atoms with van der Waals surface area (Å²) >= 11 is 0. The van der Waals surface area contributed by atoms with E-state index in [9.17, 15) is 4.57 Å². The number of rotatable bonds is 3. The summed E-state index contributed by atoms with van der Waals surface area (Å²) in [5, 5.41) is 1.83. The van der Waals surface area contributed by atoms with E-state index < -0.39 is 7.14 Å². The van der Waals surface area contributed by atoms with Gasteiger partial charge in [-0.05, 0) is 13.6 Å². The summed E-state index contributed by atoms with van der Waals surface area (Å²) in [6.45, 7) is 7.24. The Morgan fingerprint density at radius 1 is 0.900 bits per heavy atom. The zero-order valence-electron chi connectivity index (χ0n) is 12.1. The van der Waals surface area contributed by atoms with Crippen molar-refractivity contribution in [2.24, 2.45) is 0 Å². The van der Waals surface area contributed by atoms with Gasteiger partial charge in [0, 0.05) is 10.6 Å². The van der Waals surface area contributed by atoms with Crippen molar-refractivity contribution in [1.29, 1.82) is 0 Å². The van der Waals surface area contributed by atoms with E-state index in [0.717, 1.165) is 10.6 Å². The molecule has 20 heavy (non-hydrogen) atoms. The lowest BCUT2D eigenvalue weighted by molar-refractivity contribution is 0.590. The van der Waals surface area contributed by atoms with Crippen LogP contribution in [0.2, 0.25) is 0 Å². The molecule has 0 unspecified atom stereocenters. The average molecular weight is 284 g/mol. The first kappa shape index (κ1) is 16.2. The fraction of sp³-hybridized carbons (Fsp3) is 0.111. The molecule has 0 bridgehead atoms. The van der Waals surface area contributed by atoms with E-state index in [4.69, 9.17) is 0 Å². The van der Waals surface area contributed by atoms with Crippen molar-refractivity contribution in [3.63, 3.8) is 0 Å². The first-order valence-corrected chi connectivity index (χ1v) is 8.70. The predicted molar refractivity (Wildman–Crippen MR) is 90.7 cm³/mol. The number of hydrogen-bond acceptors (Lipinski definition) is 1. The zero-order chi connectivity index (χ0) is 14.8. The van der Waals surface area contributed by atoms with Crippen LogP contribution in [0, 0.1) is 0 Å². The third kappa shape index (κ3) is 4.68. The molecule has 0 N–H and O–H groups in total. The summed E-state index contributed by atoms with van der Waals surface area (Å²) in [4.78, 5) is 0. The van der Waals surface area contributed by atoms with Gasteiger partial charge in [-0.25, -0.2) is 0 Å². The van der Waals surface area contributed by atoms with Gasteiger partial charge in [0.15, 0.2) is 0 Å². The zero-order valence-corrected chi connectivity index (χ0v) is 13.0. The van der Waals surface area contributed by atoms with E-state index in [2.05, 4.69) is 6.58 Å². The van der Waals surface area contributed by atoms with Crippen LogP contribution >= 0.6 is 7.14 Å². The summed E-state index contributed by atoms with van der Waals surface area (Å²) in [6, 6.07) is 19.3. The van der Waals surface area contributed by atoms with Crippen LogP contribution in [0.4, 0.5) is 0 Å². The first-order valence-electron chi connectivity index (χ1n) is 6.55. The van der Waals surface area contributed by atoms with E-state index >= 15 is 0 Å². The lowest BCUT2D eigenvalue weighted by Gasteiger charge is -2.13. The molecule has 2 rings (SSSR count). The van der Waals surface area contributed by atoms with Crippen molar-refractivity contribution in [2.45, 2.75) is 6.92 Å². The monoisotopic (exact) mass is 284 g/mol. The second kappa shape index (κ2) is 8.35. The second-order valence-electron chi connectivity index (χ2n) is 4.36. The Labute approximate surface area is 122 Å². The van der Waals surface area contributed by atoms with Gasteiger partial charge in [0.2, 0.25) is 0 Å². The van der Waals surface area contributed by atoms with Crippen LogP contribution in [-0.4, -0.2) is 6.66 Å². The third-order valence-electron chi connectivity index (χ3n) is 2.83. The molecular weight excluding hydrogens is 263 g/mol. The highest BCUT2D eigenvalue weighted by Crippen LogP contribution is 2.38. The average Bonchev–Trinajstić information content (AvgIpc) is 2.50. The molecule has 0 radical (unpaired) electrons. The molecule has 2 aromatic rings. The summed E-state index contributed by atoms with van der Waals surface area (Å²) in [5.74, 6) is 0. The Morgan fingerprint density at radius 2 is 1.30 bits per heavy atom. The van der Waals surface area contributed by atoms with Gasteiger partial charge in [-0.3, -0.25) is 0 Å². The summed E-state index contributed by atoms with van der Waals surface area (Å²) < 4.78 is 12.6. The van der Waals surface area contributed by atoms with Crippen LogP contribution < -0.4 is 10.6 Å². The lowest BCUT2D eigenvalue weighted by atomic mass is 10.4. The van der Waals surface area contributed by atoms with Gasteiger partial charge < -0.3 is 4.57 Å². The van der Waals surface area contributed by atoms with Gasteiger partial charge in [-0.15, -0.1) is 0 Å². The molecule has 0 fully saturated rings. The maximum absolute atomic E-state index is 12.6. The molecule has 0 amide bonds. The molecule has 2 heteroatoms. The Kier molecular flexibility index (Phi) is 6.76. The van der Waals surface area contributed by atoms with Crippen LogP contribution in [0.5, 0.6) is 0 Å². The third-order valence-corrected chi connectivity index (χ3v) is 5.39. The van der Waals surface area contributed by atoms with Crippen molar-refractivity contribution in [2.75, 3.05) is 6.66 Å². The first-order chi connectivity index (χ1) is 9.62. The fourth-order valence-corrected chi connectivity index (χ4v) is 3.49. The van der Waals surface area contributed by atoms with Crippen LogP contribution in [0.15, 0.2) is 85.5 Å². The van der Waals surface area contributed by atoms with Crippen molar-refractivity contribution in [3.8, 4) is 0 Å². The molecule has 0 aliphatic carbocycles. The molecule has 0 spiro atoms. The highest BCUT2D eigenvalue weighted by atomic mass is 31.2. The Hall–Kier alpha value is -1.85. The van der Waals surface area contributed by atoms with E-state index in [0.29, 0.717) is 0 Å². The Balaban J connectivity index is 0.000000347. The second-order valence-corrected chi connectivity index (χ2v) is 7.24. The van der Waals surface area contributed by atoms with Crippen LogP contribution in [0.3, 0.4) is 0 Å². The molecule has 0 aliphatic heterocycles. The van der Waals surface area contributed by atoms with Crippen molar-refractivity contribution in [1.82, 2.24) is 0 Å². The largest absolute Gasteiger partial charge is 0.314 e. The smallest absolute Gasteiger partial charge is 0.140 e. The minimum Gasteiger partial charge on any atom is -0.314 e. The maximum Gasteiger partial charge on any atom is 0.140 e. The minimum atomic E-state index is -2.40. The van der Waals surface area contributed by atoms with Crippen molar-refractivity contribution in [3.05, 3.63) is 85.5 Å².